The Bertz CT molecular complexity index is 584. The van der Waals surface area contributed by atoms with Crippen molar-refractivity contribution in [3.05, 3.63) is 30.1 Å². The molecule has 0 saturated carbocycles. The fourth-order valence-corrected chi connectivity index (χ4v) is 1.96. The number of imide groups is 1. The van der Waals surface area contributed by atoms with Crippen molar-refractivity contribution >= 4 is 23.4 Å². The van der Waals surface area contributed by atoms with E-state index in [-0.39, 0.29) is 13.1 Å². The average Bonchev–Trinajstić information content (AvgIpc) is 2.42. The third-order valence-electron chi connectivity index (χ3n) is 3.19. The highest BCUT2D eigenvalue weighted by molar-refractivity contribution is 6.06. The van der Waals surface area contributed by atoms with Gasteiger partial charge < -0.3 is 5.32 Å². The van der Waals surface area contributed by atoms with Crippen LogP contribution in [0.3, 0.4) is 0 Å². The first-order chi connectivity index (χ1) is 9.79. The van der Waals surface area contributed by atoms with Gasteiger partial charge in [0, 0.05) is 5.69 Å². The number of benzene rings is 1. The molecule has 7 heteroatoms. The number of anilines is 1. The zero-order chi connectivity index (χ0) is 15.6. The number of amides is 3. The summed E-state index contributed by atoms with van der Waals surface area (Å²) in [4.78, 5) is 36.7. The molecule has 0 atom stereocenters. The molecule has 6 nitrogen and oxygen atoms in total. The standard InChI is InChI=1S/C14H16FN3O3/c1-14(2)13(21)18(12(20)7-16-14)8-11(19)17-10-5-3-9(15)4-6-10/h3-6,16H,7-8H2,1-2H3,(H,17,19). The average molecular weight is 293 g/mol. The number of hydrogen-bond acceptors (Lipinski definition) is 4. The summed E-state index contributed by atoms with van der Waals surface area (Å²) in [6, 6.07) is 5.22. The summed E-state index contributed by atoms with van der Waals surface area (Å²) in [6.07, 6.45) is 0. The highest BCUT2D eigenvalue weighted by atomic mass is 19.1. The second-order valence-electron chi connectivity index (χ2n) is 5.32. The highest BCUT2D eigenvalue weighted by Crippen LogP contribution is 2.14. The third-order valence-corrected chi connectivity index (χ3v) is 3.19. The predicted molar refractivity (Wildman–Crippen MR) is 73.8 cm³/mol. The molecule has 0 aliphatic carbocycles. The SMILES string of the molecule is CC1(C)NCC(=O)N(CC(=O)Nc2ccc(F)cc2)C1=O. The van der Waals surface area contributed by atoms with Crippen LogP contribution >= 0.6 is 0 Å². The van der Waals surface area contributed by atoms with Crippen molar-refractivity contribution in [2.24, 2.45) is 0 Å². The monoisotopic (exact) mass is 293 g/mol. The summed E-state index contributed by atoms with van der Waals surface area (Å²) in [5.74, 6) is -1.83. The number of carbonyl (C=O) groups excluding carboxylic acids is 3. The van der Waals surface area contributed by atoms with Crippen molar-refractivity contribution in [1.29, 1.82) is 0 Å². The number of piperazine rings is 1. The molecule has 1 heterocycles. The van der Waals surface area contributed by atoms with Gasteiger partial charge in [0.15, 0.2) is 0 Å². The molecular weight excluding hydrogens is 277 g/mol. The first-order valence-corrected chi connectivity index (χ1v) is 6.45. The largest absolute Gasteiger partial charge is 0.325 e. The van der Waals surface area contributed by atoms with Gasteiger partial charge in [-0.15, -0.1) is 0 Å². The summed E-state index contributed by atoms with van der Waals surface area (Å²) in [7, 11) is 0. The summed E-state index contributed by atoms with van der Waals surface area (Å²) >= 11 is 0. The molecule has 1 aliphatic rings. The van der Waals surface area contributed by atoms with Gasteiger partial charge >= 0.3 is 0 Å². The summed E-state index contributed by atoms with van der Waals surface area (Å²) < 4.78 is 12.8. The zero-order valence-electron chi connectivity index (χ0n) is 11.8. The van der Waals surface area contributed by atoms with E-state index in [0.29, 0.717) is 5.69 Å². The minimum Gasteiger partial charge on any atom is -0.325 e. The molecule has 2 rings (SSSR count). The molecule has 1 fully saturated rings. The normalized spacial score (nSPS) is 17.8. The molecule has 21 heavy (non-hydrogen) atoms. The first kappa shape index (κ1) is 15.1. The van der Waals surface area contributed by atoms with Gasteiger partial charge in [0.2, 0.25) is 17.7 Å². The number of hydrogen-bond donors (Lipinski definition) is 2. The van der Waals surface area contributed by atoms with Crippen LogP contribution in [0.1, 0.15) is 13.8 Å². The molecule has 1 saturated heterocycles. The summed E-state index contributed by atoms with van der Waals surface area (Å²) in [6.45, 7) is 2.93. The van der Waals surface area contributed by atoms with Crippen LogP contribution in [0, 0.1) is 5.82 Å². The number of halogens is 1. The molecule has 1 aromatic carbocycles. The van der Waals surface area contributed by atoms with E-state index in [1.807, 2.05) is 0 Å². The van der Waals surface area contributed by atoms with Crippen LogP contribution in [0.25, 0.3) is 0 Å². The van der Waals surface area contributed by atoms with Crippen LogP contribution in [0.2, 0.25) is 0 Å². The highest BCUT2D eigenvalue weighted by Gasteiger charge is 2.40. The van der Waals surface area contributed by atoms with Crippen molar-refractivity contribution < 1.29 is 18.8 Å². The van der Waals surface area contributed by atoms with Gasteiger partial charge in [0.25, 0.3) is 0 Å². The van der Waals surface area contributed by atoms with E-state index < -0.39 is 29.1 Å². The van der Waals surface area contributed by atoms with Crippen LogP contribution in [-0.4, -0.2) is 41.2 Å². The van der Waals surface area contributed by atoms with E-state index in [9.17, 15) is 18.8 Å². The van der Waals surface area contributed by atoms with E-state index in [2.05, 4.69) is 10.6 Å². The second kappa shape index (κ2) is 5.61. The Labute approximate surface area is 121 Å². The van der Waals surface area contributed by atoms with Crippen molar-refractivity contribution in [2.75, 3.05) is 18.4 Å². The van der Waals surface area contributed by atoms with Gasteiger partial charge in [-0.1, -0.05) is 0 Å². The quantitative estimate of drug-likeness (QED) is 0.796. The van der Waals surface area contributed by atoms with Crippen LogP contribution in [0.4, 0.5) is 10.1 Å². The fraction of sp³-hybridized carbons (Fsp3) is 0.357. The van der Waals surface area contributed by atoms with Crippen molar-refractivity contribution in [1.82, 2.24) is 10.2 Å². The molecule has 0 bridgehead atoms. The third kappa shape index (κ3) is 3.43. The van der Waals surface area contributed by atoms with E-state index in [4.69, 9.17) is 0 Å². The molecule has 1 aromatic rings. The molecule has 0 spiro atoms. The Morgan fingerprint density at radius 2 is 1.95 bits per heavy atom. The maximum Gasteiger partial charge on any atom is 0.249 e. The molecule has 2 N–H and O–H groups in total. The van der Waals surface area contributed by atoms with Gasteiger partial charge in [-0.25, -0.2) is 4.39 Å². The Hall–Kier alpha value is -2.28. The maximum absolute atomic E-state index is 12.8. The summed E-state index contributed by atoms with van der Waals surface area (Å²) in [5.41, 5.74) is -0.486. The van der Waals surface area contributed by atoms with Gasteiger partial charge in [0.05, 0.1) is 12.1 Å². The topological polar surface area (TPSA) is 78.5 Å². The fourth-order valence-electron chi connectivity index (χ4n) is 1.96. The Kier molecular flexibility index (Phi) is 4.04. The lowest BCUT2D eigenvalue weighted by Crippen LogP contribution is -2.64. The van der Waals surface area contributed by atoms with E-state index in [1.54, 1.807) is 13.8 Å². The molecular formula is C14H16FN3O3. The molecule has 3 amide bonds. The lowest BCUT2D eigenvalue weighted by molar-refractivity contribution is -0.154. The smallest absolute Gasteiger partial charge is 0.249 e. The summed E-state index contributed by atoms with van der Waals surface area (Å²) in [5, 5.41) is 5.32. The Morgan fingerprint density at radius 1 is 1.33 bits per heavy atom. The number of nitrogens with zero attached hydrogens (tertiary/aromatic N) is 1. The van der Waals surface area contributed by atoms with Crippen LogP contribution in [0.15, 0.2) is 24.3 Å². The van der Waals surface area contributed by atoms with Crippen molar-refractivity contribution in [3.8, 4) is 0 Å². The molecule has 0 aromatic heterocycles. The first-order valence-electron chi connectivity index (χ1n) is 6.45. The lowest BCUT2D eigenvalue weighted by atomic mass is 10.0. The number of rotatable bonds is 3. The minimum absolute atomic E-state index is 0.00255. The molecule has 0 unspecified atom stereocenters. The van der Waals surface area contributed by atoms with E-state index >= 15 is 0 Å². The maximum atomic E-state index is 12.8. The van der Waals surface area contributed by atoms with Gasteiger partial charge in [-0.05, 0) is 38.1 Å². The van der Waals surface area contributed by atoms with Crippen molar-refractivity contribution in [3.63, 3.8) is 0 Å². The molecule has 1 aliphatic heterocycles. The minimum atomic E-state index is -0.885. The van der Waals surface area contributed by atoms with Crippen LogP contribution in [0.5, 0.6) is 0 Å². The molecule has 0 radical (unpaired) electrons. The molecule has 112 valence electrons. The number of carbonyl (C=O) groups is 3. The Balaban J connectivity index is 2.02. The predicted octanol–water partition coefficient (Wildman–Crippen LogP) is 0.501. The lowest BCUT2D eigenvalue weighted by Gasteiger charge is -2.36. The van der Waals surface area contributed by atoms with Crippen LogP contribution < -0.4 is 10.6 Å². The second-order valence-corrected chi connectivity index (χ2v) is 5.32. The van der Waals surface area contributed by atoms with Crippen molar-refractivity contribution in [2.45, 2.75) is 19.4 Å². The van der Waals surface area contributed by atoms with Gasteiger partial charge in [-0.3, -0.25) is 24.6 Å². The van der Waals surface area contributed by atoms with Gasteiger partial charge in [0.1, 0.15) is 12.4 Å². The van der Waals surface area contributed by atoms with E-state index in [0.717, 1.165) is 4.90 Å². The zero-order valence-corrected chi connectivity index (χ0v) is 11.8. The van der Waals surface area contributed by atoms with E-state index in [1.165, 1.54) is 24.3 Å². The number of nitrogens with one attached hydrogen (secondary N) is 2. The Morgan fingerprint density at radius 3 is 2.57 bits per heavy atom. The van der Waals surface area contributed by atoms with Gasteiger partial charge in [-0.2, -0.15) is 0 Å². The van der Waals surface area contributed by atoms with Crippen LogP contribution in [-0.2, 0) is 14.4 Å².